The van der Waals surface area contributed by atoms with E-state index in [1.54, 1.807) is 11.3 Å². The lowest BCUT2D eigenvalue weighted by Gasteiger charge is -2.31. The maximum Gasteiger partial charge on any atom is 0.265 e. The number of rotatable bonds is 3. The van der Waals surface area contributed by atoms with Crippen molar-refractivity contribution in [1.82, 2.24) is 4.90 Å². The van der Waals surface area contributed by atoms with Gasteiger partial charge in [0, 0.05) is 24.9 Å². The number of halogens is 1. The highest BCUT2D eigenvalue weighted by Gasteiger charge is 2.27. The van der Waals surface area contributed by atoms with Crippen LogP contribution < -0.4 is 5.73 Å². The van der Waals surface area contributed by atoms with E-state index in [0.717, 1.165) is 22.2 Å². The van der Waals surface area contributed by atoms with Gasteiger partial charge in [-0.25, -0.2) is 0 Å². The van der Waals surface area contributed by atoms with Gasteiger partial charge in [-0.3, -0.25) is 9.59 Å². The first-order valence-electron chi connectivity index (χ1n) is 6.79. The molecule has 2 aromatic heterocycles. The minimum absolute atomic E-state index is 0.00549. The molecule has 0 atom stereocenters. The van der Waals surface area contributed by atoms with Gasteiger partial charge in [-0.05, 0) is 30.2 Å². The number of carbonyl (C=O) groups excluding carboxylic acids is 2. The third-order valence-electron chi connectivity index (χ3n) is 3.85. The standard InChI is InChI=1S/C14H15ClN2O2S2/c15-11-9-3-6-20-14(9)21-12(11)13(19)17-4-1-8(2-5-17)7-10(16)18/h3,6,8H,1-2,4-5,7H2,(H2,16,18). The van der Waals surface area contributed by atoms with Crippen LogP contribution in [0.5, 0.6) is 0 Å². The quantitative estimate of drug-likeness (QED) is 0.929. The summed E-state index contributed by atoms with van der Waals surface area (Å²) in [6, 6.07) is 1.95. The molecule has 2 N–H and O–H groups in total. The van der Waals surface area contributed by atoms with Crippen molar-refractivity contribution in [2.45, 2.75) is 19.3 Å². The Morgan fingerprint density at radius 3 is 2.71 bits per heavy atom. The van der Waals surface area contributed by atoms with Gasteiger partial charge in [0.1, 0.15) is 4.88 Å². The normalized spacial score (nSPS) is 16.5. The number of primary amides is 1. The number of likely N-dealkylation sites (tertiary alicyclic amines) is 1. The predicted octanol–water partition coefficient (Wildman–Crippen LogP) is 3.34. The second-order valence-electron chi connectivity index (χ2n) is 5.27. The molecule has 4 nitrogen and oxygen atoms in total. The van der Waals surface area contributed by atoms with E-state index in [1.807, 2.05) is 16.3 Å². The molecular weight excluding hydrogens is 328 g/mol. The van der Waals surface area contributed by atoms with Crippen LogP contribution in [0.2, 0.25) is 5.02 Å². The molecule has 1 fully saturated rings. The molecule has 0 radical (unpaired) electrons. The van der Waals surface area contributed by atoms with Crippen LogP contribution in [0.4, 0.5) is 0 Å². The fourth-order valence-electron chi connectivity index (χ4n) is 2.70. The first kappa shape index (κ1) is 14.8. The molecule has 7 heteroatoms. The van der Waals surface area contributed by atoms with Gasteiger partial charge in [0.2, 0.25) is 5.91 Å². The lowest BCUT2D eigenvalue weighted by molar-refractivity contribution is -0.119. The average Bonchev–Trinajstić information content (AvgIpc) is 3.02. The van der Waals surface area contributed by atoms with Crippen LogP contribution in [-0.2, 0) is 4.79 Å². The highest BCUT2D eigenvalue weighted by Crippen LogP contribution is 2.39. The second-order valence-corrected chi connectivity index (χ2v) is 7.85. The number of fused-ring (bicyclic) bond motifs is 1. The van der Waals surface area contributed by atoms with Gasteiger partial charge in [-0.1, -0.05) is 11.6 Å². The Morgan fingerprint density at radius 2 is 2.10 bits per heavy atom. The SMILES string of the molecule is NC(=O)CC1CCN(C(=O)c2sc3sccc3c2Cl)CC1. The maximum atomic E-state index is 12.6. The smallest absolute Gasteiger partial charge is 0.265 e. The Bertz CT molecular complexity index is 686. The fourth-order valence-corrected chi connectivity index (χ4v) is 5.28. The number of thiophene rings is 2. The van der Waals surface area contributed by atoms with Gasteiger partial charge in [-0.15, -0.1) is 22.7 Å². The summed E-state index contributed by atoms with van der Waals surface area (Å²) in [6.45, 7) is 1.33. The Hall–Kier alpha value is -1.11. The molecule has 0 bridgehead atoms. The third kappa shape index (κ3) is 2.93. The first-order valence-corrected chi connectivity index (χ1v) is 8.86. The molecule has 1 saturated heterocycles. The molecule has 2 aromatic rings. The Balaban J connectivity index is 1.70. The molecule has 3 rings (SSSR count). The van der Waals surface area contributed by atoms with Crippen molar-refractivity contribution in [1.29, 1.82) is 0 Å². The van der Waals surface area contributed by atoms with Crippen LogP contribution >= 0.6 is 34.3 Å². The van der Waals surface area contributed by atoms with Gasteiger partial charge >= 0.3 is 0 Å². The first-order chi connectivity index (χ1) is 10.1. The number of nitrogens with zero attached hydrogens (tertiary/aromatic N) is 1. The minimum atomic E-state index is -0.263. The molecule has 1 aliphatic rings. The molecule has 0 aromatic carbocycles. The van der Waals surface area contributed by atoms with Gasteiger partial charge in [0.05, 0.1) is 9.04 Å². The summed E-state index contributed by atoms with van der Waals surface area (Å²) in [4.78, 5) is 26.0. The highest BCUT2D eigenvalue weighted by atomic mass is 35.5. The molecule has 0 spiro atoms. The van der Waals surface area contributed by atoms with Crippen LogP contribution in [0.1, 0.15) is 28.9 Å². The zero-order valence-corrected chi connectivity index (χ0v) is 13.7. The van der Waals surface area contributed by atoms with Gasteiger partial charge in [0.25, 0.3) is 5.91 Å². The van der Waals surface area contributed by atoms with Crippen LogP contribution in [-0.4, -0.2) is 29.8 Å². The van der Waals surface area contributed by atoms with Crippen molar-refractivity contribution in [2.75, 3.05) is 13.1 Å². The molecule has 21 heavy (non-hydrogen) atoms. The summed E-state index contributed by atoms with van der Waals surface area (Å²) >= 11 is 9.39. The summed E-state index contributed by atoms with van der Waals surface area (Å²) < 4.78 is 1.09. The van der Waals surface area contributed by atoms with Crippen molar-refractivity contribution >= 4 is 55.5 Å². The fraction of sp³-hybridized carbons (Fsp3) is 0.429. The number of hydrogen-bond donors (Lipinski definition) is 1. The average molecular weight is 343 g/mol. The van der Waals surface area contributed by atoms with E-state index < -0.39 is 0 Å². The predicted molar refractivity (Wildman–Crippen MR) is 87.2 cm³/mol. The molecule has 0 aliphatic carbocycles. The van der Waals surface area contributed by atoms with E-state index in [2.05, 4.69) is 0 Å². The highest BCUT2D eigenvalue weighted by molar-refractivity contribution is 7.38. The molecular formula is C14H15ClN2O2S2. The van der Waals surface area contributed by atoms with Crippen LogP contribution in [0.3, 0.4) is 0 Å². The zero-order chi connectivity index (χ0) is 15.0. The summed E-state index contributed by atoms with van der Waals surface area (Å²) in [5.41, 5.74) is 5.23. The van der Waals surface area contributed by atoms with E-state index in [4.69, 9.17) is 17.3 Å². The van der Waals surface area contributed by atoms with E-state index in [1.165, 1.54) is 11.3 Å². The molecule has 1 aliphatic heterocycles. The Labute approximate surface area is 135 Å². The van der Waals surface area contributed by atoms with E-state index in [9.17, 15) is 9.59 Å². The van der Waals surface area contributed by atoms with Crippen molar-refractivity contribution in [3.63, 3.8) is 0 Å². The lowest BCUT2D eigenvalue weighted by Crippen LogP contribution is -2.39. The summed E-state index contributed by atoms with van der Waals surface area (Å²) in [6.07, 6.45) is 2.07. The molecule has 0 saturated carbocycles. The third-order valence-corrected chi connectivity index (χ3v) is 6.58. The molecule has 0 unspecified atom stereocenters. The minimum Gasteiger partial charge on any atom is -0.370 e. The molecule has 3 heterocycles. The number of piperidine rings is 1. The van der Waals surface area contributed by atoms with Gasteiger partial charge in [0.15, 0.2) is 0 Å². The monoisotopic (exact) mass is 342 g/mol. The van der Waals surface area contributed by atoms with Crippen molar-refractivity contribution in [2.24, 2.45) is 11.7 Å². The van der Waals surface area contributed by atoms with Crippen LogP contribution in [0.15, 0.2) is 11.4 Å². The van der Waals surface area contributed by atoms with E-state index in [0.29, 0.717) is 35.3 Å². The number of amides is 2. The molecule has 2 amide bonds. The van der Waals surface area contributed by atoms with Crippen LogP contribution in [0.25, 0.3) is 9.40 Å². The van der Waals surface area contributed by atoms with E-state index in [-0.39, 0.29) is 11.8 Å². The Morgan fingerprint density at radius 1 is 1.38 bits per heavy atom. The summed E-state index contributed by atoms with van der Waals surface area (Å²) in [5, 5.41) is 3.52. The second kappa shape index (κ2) is 5.94. The number of hydrogen-bond acceptors (Lipinski definition) is 4. The lowest BCUT2D eigenvalue weighted by atomic mass is 9.93. The Kier molecular flexibility index (Phi) is 4.19. The zero-order valence-electron chi connectivity index (χ0n) is 11.3. The number of carbonyl (C=O) groups is 2. The van der Waals surface area contributed by atoms with Crippen molar-refractivity contribution in [3.8, 4) is 0 Å². The van der Waals surface area contributed by atoms with Crippen LogP contribution in [0, 0.1) is 5.92 Å². The van der Waals surface area contributed by atoms with Gasteiger partial charge in [-0.2, -0.15) is 0 Å². The van der Waals surface area contributed by atoms with Crippen molar-refractivity contribution < 1.29 is 9.59 Å². The summed E-state index contributed by atoms with van der Waals surface area (Å²) in [5.74, 6) is 0.0427. The largest absolute Gasteiger partial charge is 0.370 e. The topological polar surface area (TPSA) is 63.4 Å². The van der Waals surface area contributed by atoms with Gasteiger partial charge < -0.3 is 10.6 Å². The number of nitrogens with two attached hydrogens (primary N) is 1. The van der Waals surface area contributed by atoms with Crippen molar-refractivity contribution in [3.05, 3.63) is 21.3 Å². The van der Waals surface area contributed by atoms with E-state index >= 15 is 0 Å². The maximum absolute atomic E-state index is 12.6. The molecule has 112 valence electrons. The summed E-state index contributed by atoms with van der Waals surface area (Å²) in [7, 11) is 0.